The van der Waals surface area contributed by atoms with Gasteiger partial charge in [-0.1, -0.05) is 195 Å². The minimum atomic E-state index is -4.37. The molecule has 0 spiro atoms. The fourth-order valence-corrected chi connectivity index (χ4v) is 7.09. The molecule has 60 heavy (non-hydrogen) atoms. The first-order valence-corrected chi connectivity index (χ1v) is 25.4. The molecule has 0 aromatic heterocycles. The molecule has 0 radical (unpaired) electrons. The zero-order valence-corrected chi connectivity index (χ0v) is 39.1. The molecule has 0 bridgehead atoms. The number of rotatable bonds is 43. The number of hydrogen-bond acceptors (Lipinski definition) is 6. The molecule has 8 nitrogen and oxygen atoms in total. The summed E-state index contributed by atoms with van der Waals surface area (Å²) in [7, 11) is -4.37. The van der Waals surface area contributed by atoms with Crippen molar-refractivity contribution < 1.29 is 28.4 Å². The van der Waals surface area contributed by atoms with Gasteiger partial charge >= 0.3 is 7.82 Å². The van der Waals surface area contributed by atoms with Crippen LogP contribution >= 0.6 is 7.82 Å². The molecule has 5 N–H and O–H groups in total. The lowest BCUT2D eigenvalue weighted by Crippen LogP contribution is -2.45. The first kappa shape index (κ1) is 57.4. The number of carbonyl (C=O) groups excluding carboxylic acids is 1. The first-order chi connectivity index (χ1) is 29.4. The molecule has 0 rings (SSSR count). The molecule has 3 atom stereocenters. The Morgan fingerprint density at radius 1 is 0.567 bits per heavy atom. The van der Waals surface area contributed by atoms with Crippen molar-refractivity contribution in [2.24, 2.45) is 5.73 Å². The average Bonchev–Trinajstić information content (AvgIpc) is 3.24. The maximum atomic E-state index is 12.8. The lowest BCUT2D eigenvalue weighted by molar-refractivity contribution is -0.123. The number of phosphoric acid groups is 1. The third-order valence-corrected chi connectivity index (χ3v) is 10.9. The van der Waals surface area contributed by atoms with Crippen LogP contribution in [-0.2, 0) is 18.4 Å². The van der Waals surface area contributed by atoms with Crippen molar-refractivity contribution in [3.8, 4) is 0 Å². The van der Waals surface area contributed by atoms with E-state index in [-0.39, 0.29) is 25.7 Å². The van der Waals surface area contributed by atoms with E-state index in [0.29, 0.717) is 6.42 Å². The molecule has 0 heterocycles. The maximum Gasteiger partial charge on any atom is 0.472 e. The third kappa shape index (κ3) is 43.5. The van der Waals surface area contributed by atoms with Crippen LogP contribution in [0, 0.1) is 0 Å². The van der Waals surface area contributed by atoms with Crippen molar-refractivity contribution in [2.45, 2.75) is 199 Å². The van der Waals surface area contributed by atoms with E-state index < -0.39 is 20.0 Å². The summed E-state index contributed by atoms with van der Waals surface area (Å²) in [5.74, 6) is -0.232. The van der Waals surface area contributed by atoms with Gasteiger partial charge in [-0.2, -0.15) is 0 Å². The highest BCUT2D eigenvalue weighted by atomic mass is 31.2. The molecule has 0 saturated heterocycles. The summed E-state index contributed by atoms with van der Waals surface area (Å²) in [5.41, 5.74) is 5.38. The molecule has 1 amide bonds. The largest absolute Gasteiger partial charge is 0.472 e. The molecule has 0 fully saturated rings. The normalized spacial score (nSPS) is 14.8. The Hall–Kier alpha value is -2.58. The van der Waals surface area contributed by atoms with E-state index >= 15 is 0 Å². The van der Waals surface area contributed by atoms with Crippen LogP contribution in [0.5, 0.6) is 0 Å². The van der Waals surface area contributed by atoms with Gasteiger partial charge in [-0.25, -0.2) is 4.57 Å². The van der Waals surface area contributed by atoms with Crippen molar-refractivity contribution >= 4 is 13.7 Å². The summed E-state index contributed by atoms with van der Waals surface area (Å²) in [5, 5.41) is 13.7. The first-order valence-electron chi connectivity index (χ1n) is 23.9. The highest BCUT2D eigenvalue weighted by Crippen LogP contribution is 2.43. The number of amides is 1. The van der Waals surface area contributed by atoms with Crippen molar-refractivity contribution in [2.75, 3.05) is 19.8 Å². The number of aliphatic hydroxyl groups excluding tert-OH is 1. The molecule has 0 aliphatic rings. The summed E-state index contributed by atoms with van der Waals surface area (Å²) < 4.78 is 22.2. The lowest BCUT2D eigenvalue weighted by atomic mass is 10.0. The van der Waals surface area contributed by atoms with Crippen LogP contribution in [0.25, 0.3) is 0 Å². The van der Waals surface area contributed by atoms with E-state index in [4.69, 9.17) is 14.8 Å². The fraction of sp³-hybridized carbons (Fsp3) is 0.667. The summed E-state index contributed by atoms with van der Waals surface area (Å²) in [4.78, 5) is 22.8. The zero-order valence-electron chi connectivity index (χ0n) is 38.2. The van der Waals surface area contributed by atoms with Gasteiger partial charge < -0.3 is 21.1 Å². The summed E-state index contributed by atoms with van der Waals surface area (Å²) in [6.45, 7) is 3.97. The van der Waals surface area contributed by atoms with Crippen LogP contribution in [0.2, 0.25) is 0 Å². The molecule has 0 saturated carbocycles. The van der Waals surface area contributed by atoms with Gasteiger partial charge in [0.15, 0.2) is 0 Å². The molecule has 0 aromatic rings. The minimum absolute atomic E-state index is 0.0641. The Balaban J connectivity index is 4.29. The molecular formula is C51H89N2O6P. The zero-order chi connectivity index (χ0) is 43.9. The second-order valence-electron chi connectivity index (χ2n) is 15.6. The minimum Gasteiger partial charge on any atom is -0.387 e. The Bertz CT molecular complexity index is 1250. The SMILES string of the molecule is CC/C=C\C/C=C\C/C=C\C/C=C\C/C=C\C/C=C\CCCCCCC(=O)NC(COP(=O)(O)OCCN)C(O)/C=C/CC/C=C/CCCCCCCCCCCCCC. The average molecular weight is 857 g/mol. The van der Waals surface area contributed by atoms with Crippen LogP contribution in [0.3, 0.4) is 0 Å². The standard InChI is InChI=1S/C51H89N2O6P/c1-3-5-7-9-11-13-15-17-19-21-23-24-25-26-27-29-31-33-35-37-39-41-43-45-51(55)53-49(48-59-60(56,57)58-47-46-52)50(54)44-42-40-38-36-34-32-30-28-22-20-18-16-14-12-10-8-6-4-2/h5,7,11,13,17,19,23-24,26-27,31,33-34,36,42,44,49-50,54H,3-4,6,8-10,12,14-16,18,20-22,25,28-30,32,35,37-41,43,45-48,52H2,1-2H3,(H,53,55)(H,56,57)/b7-5-,13-11-,19-17-,24-23-,27-26-,33-31-,36-34+,44-42+. The van der Waals surface area contributed by atoms with E-state index in [1.807, 2.05) is 6.08 Å². The van der Waals surface area contributed by atoms with Gasteiger partial charge in [0.05, 0.1) is 25.4 Å². The predicted octanol–water partition coefficient (Wildman–Crippen LogP) is 13.9. The number of hydrogen-bond donors (Lipinski definition) is 4. The molecule has 9 heteroatoms. The number of nitrogens with two attached hydrogens (primary N) is 1. The molecule has 344 valence electrons. The van der Waals surface area contributed by atoms with Gasteiger partial charge in [-0.3, -0.25) is 13.8 Å². The summed E-state index contributed by atoms with van der Waals surface area (Å²) >= 11 is 0. The maximum absolute atomic E-state index is 12.8. The number of nitrogens with one attached hydrogen (secondary N) is 1. The van der Waals surface area contributed by atoms with Gasteiger partial charge in [0, 0.05) is 13.0 Å². The van der Waals surface area contributed by atoms with Crippen LogP contribution in [0.4, 0.5) is 0 Å². The molecule has 0 aromatic carbocycles. The molecule has 0 aliphatic carbocycles. The number of allylic oxidation sites excluding steroid dienone is 15. The van der Waals surface area contributed by atoms with Crippen LogP contribution in [0.15, 0.2) is 97.2 Å². The Kier molecular flexibility index (Phi) is 44.0. The third-order valence-electron chi connectivity index (χ3n) is 9.89. The fourth-order valence-electron chi connectivity index (χ4n) is 6.33. The van der Waals surface area contributed by atoms with E-state index in [0.717, 1.165) is 89.9 Å². The van der Waals surface area contributed by atoms with E-state index in [1.165, 1.54) is 77.0 Å². The number of aliphatic hydroxyl groups is 1. The van der Waals surface area contributed by atoms with Crippen molar-refractivity contribution in [1.82, 2.24) is 5.32 Å². The summed E-state index contributed by atoms with van der Waals surface area (Å²) in [6, 6.07) is -0.898. The second kappa shape index (κ2) is 45.9. The molecule has 3 unspecified atom stereocenters. The number of phosphoric ester groups is 1. The monoisotopic (exact) mass is 857 g/mol. The topological polar surface area (TPSA) is 131 Å². The van der Waals surface area contributed by atoms with Crippen LogP contribution in [-0.4, -0.2) is 47.8 Å². The van der Waals surface area contributed by atoms with Gasteiger partial charge in [-0.15, -0.1) is 0 Å². The van der Waals surface area contributed by atoms with E-state index in [1.54, 1.807) is 6.08 Å². The Morgan fingerprint density at radius 3 is 1.48 bits per heavy atom. The van der Waals surface area contributed by atoms with Crippen LogP contribution in [0.1, 0.15) is 187 Å². The second-order valence-corrected chi connectivity index (χ2v) is 17.0. The van der Waals surface area contributed by atoms with Crippen molar-refractivity contribution in [1.29, 1.82) is 0 Å². The smallest absolute Gasteiger partial charge is 0.387 e. The van der Waals surface area contributed by atoms with Crippen molar-refractivity contribution in [3.63, 3.8) is 0 Å². The number of carbonyl (C=O) groups is 1. The Morgan fingerprint density at radius 2 is 0.983 bits per heavy atom. The summed E-state index contributed by atoms with van der Waals surface area (Å²) in [6.07, 6.45) is 63.2. The van der Waals surface area contributed by atoms with Crippen LogP contribution < -0.4 is 11.1 Å². The van der Waals surface area contributed by atoms with Crippen molar-refractivity contribution in [3.05, 3.63) is 97.2 Å². The lowest BCUT2D eigenvalue weighted by Gasteiger charge is -2.23. The molecular weight excluding hydrogens is 768 g/mol. The van der Waals surface area contributed by atoms with Gasteiger partial charge in [0.2, 0.25) is 5.91 Å². The number of unbranched alkanes of at least 4 members (excludes halogenated alkanes) is 17. The van der Waals surface area contributed by atoms with Gasteiger partial charge in [-0.05, 0) is 83.5 Å². The van der Waals surface area contributed by atoms with Gasteiger partial charge in [0.25, 0.3) is 0 Å². The Labute approximate surface area is 368 Å². The predicted molar refractivity (Wildman–Crippen MR) is 258 cm³/mol. The highest BCUT2D eigenvalue weighted by molar-refractivity contribution is 7.47. The van der Waals surface area contributed by atoms with Gasteiger partial charge in [0.1, 0.15) is 0 Å². The highest BCUT2D eigenvalue weighted by Gasteiger charge is 2.26. The van der Waals surface area contributed by atoms with E-state index in [2.05, 4.69) is 104 Å². The van der Waals surface area contributed by atoms with E-state index in [9.17, 15) is 19.4 Å². The quantitative estimate of drug-likeness (QED) is 0.0273. The molecule has 0 aliphatic heterocycles.